The molecule has 1 aromatic rings. The number of benzene rings is 1. The smallest absolute Gasteiger partial charge is 0.228 e. The number of halogens is 1. The zero-order valence-electron chi connectivity index (χ0n) is 8.00. The van der Waals surface area contributed by atoms with Gasteiger partial charge in [0.25, 0.3) is 0 Å². The maximum Gasteiger partial charge on any atom is 0.228 e. The van der Waals surface area contributed by atoms with Crippen LogP contribution in [0.3, 0.4) is 0 Å². The normalized spacial score (nSPS) is 19.8. The molecule has 4 heteroatoms. The summed E-state index contributed by atoms with van der Waals surface area (Å²) in [6.07, 6.45) is 0.900. The summed E-state index contributed by atoms with van der Waals surface area (Å²) in [5, 5.41) is 0. The molecule has 2 N–H and O–H groups in total. The molecule has 0 bridgehead atoms. The van der Waals surface area contributed by atoms with Crippen LogP contribution in [0.5, 0.6) is 0 Å². The number of primary amides is 1. The Kier molecular flexibility index (Phi) is 2.26. The summed E-state index contributed by atoms with van der Waals surface area (Å²) in [6.45, 7) is 0. The van der Waals surface area contributed by atoms with Gasteiger partial charge in [-0.25, -0.2) is 4.39 Å². The number of carbonyl (C=O) groups excluding carboxylic acids is 2. The maximum absolute atomic E-state index is 13.4. The average Bonchev–Trinajstić information content (AvgIpc) is 2.17. The zero-order valence-corrected chi connectivity index (χ0v) is 8.00. The molecular weight excluding hydrogens is 197 g/mol. The fourth-order valence-electron chi connectivity index (χ4n) is 1.93. The number of amides is 1. The van der Waals surface area contributed by atoms with Gasteiger partial charge in [0.2, 0.25) is 5.91 Å². The molecule has 0 radical (unpaired) electrons. The third-order valence-electron chi connectivity index (χ3n) is 2.71. The number of Topliss-reactive ketones (excluding diaryl/α,β-unsaturated/α-hetero) is 1. The lowest BCUT2D eigenvalue weighted by Gasteiger charge is -2.20. The van der Waals surface area contributed by atoms with Crippen molar-refractivity contribution in [2.75, 3.05) is 0 Å². The highest BCUT2D eigenvalue weighted by atomic mass is 19.1. The average molecular weight is 207 g/mol. The molecule has 0 fully saturated rings. The van der Waals surface area contributed by atoms with Crippen molar-refractivity contribution in [3.8, 4) is 0 Å². The first-order chi connectivity index (χ1) is 7.11. The Balaban J connectivity index is 2.50. The predicted octanol–water partition coefficient (Wildman–Crippen LogP) is 1.06. The first-order valence-electron chi connectivity index (χ1n) is 4.72. The lowest BCUT2D eigenvalue weighted by molar-refractivity contribution is -0.120. The first kappa shape index (κ1) is 9.83. The van der Waals surface area contributed by atoms with Crippen molar-refractivity contribution in [1.29, 1.82) is 0 Å². The molecule has 1 amide bonds. The van der Waals surface area contributed by atoms with E-state index in [0.29, 0.717) is 18.4 Å². The van der Waals surface area contributed by atoms with Crippen LogP contribution in [0, 0.1) is 11.7 Å². The number of hydrogen-bond acceptors (Lipinski definition) is 2. The van der Waals surface area contributed by atoms with Crippen LogP contribution >= 0.6 is 0 Å². The molecule has 0 heterocycles. The van der Waals surface area contributed by atoms with Gasteiger partial charge in [0.1, 0.15) is 11.7 Å². The molecule has 2 rings (SSSR count). The minimum absolute atomic E-state index is 0.0348. The summed E-state index contributed by atoms with van der Waals surface area (Å²) in [7, 11) is 0. The van der Waals surface area contributed by atoms with Gasteiger partial charge in [-0.05, 0) is 24.5 Å². The molecular formula is C11H10FNO2. The second-order valence-corrected chi connectivity index (χ2v) is 3.63. The van der Waals surface area contributed by atoms with E-state index < -0.39 is 23.4 Å². The molecule has 1 unspecified atom stereocenters. The Morgan fingerprint density at radius 3 is 2.87 bits per heavy atom. The fraction of sp³-hybridized carbons (Fsp3) is 0.273. The fourth-order valence-corrected chi connectivity index (χ4v) is 1.93. The number of aryl methyl sites for hydroxylation is 1. The molecule has 0 aliphatic heterocycles. The number of carbonyl (C=O) groups is 2. The third-order valence-corrected chi connectivity index (χ3v) is 2.71. The van der Waals surface area contributed by atoms with E-state index >= 15 is 0 Å². The van der Waals surface area contributed by atoms with E-state index in [2.05, 4.69) is 0 Å². The van der Waals surface area contributed by atoms with Crippen LogP contribution in [0.1, 0.15) is 22.3 Å². The number of ketones is 1. The van der Waals surface area contributed by atoms with E-state index in [0.717, 1.165) is 0 Å². The van der Waals surface area contributed by atoms with Gasteiger partial charge in [-0.3, -0.25) is 9.59 Å². The monoisotopic (exact) mass is 207 g/mol. The van der Waals surface area contributed by atoms with Crippen molar-refractivity contribution in [1.82, 2.24) is 0 Å². The summed E-state index contributed by atoms with van der Waals surface area (Å²) >= 11 is 0. The standard InChI is InChI=1S/C11H10FNO2/c12-8-3-1-2-6-4-5-7(11(13)15)10(14)9(6)8/h1-3,7H,4-5H2,(H2,13,15). The second-order valence-electron chi connectivity index (χ2n) is 3.63. The van der Waals surface area contributed by atoms with E-state index in [1.54, 1.807) is 12.1 Å². The van der Waals surface area contributed by atoms with E-state index in [1.807, 2.05) is 0 Å². The van der Waals surface area contributed by atoms with Crippen molar-refractivity contribution < 1.29 is 14.0 Å². The molecule has 1 aromatic carbocycles. The predicted molar refractivity (Wildman–Crippen MR) is 51.7 cm³/mol. The molecule has 1 atom stereocenters. The van der Waals surface area contributed by atoms with E-state index in [4.69, 9.17) is 5.73 Å². The summed E-state index contributed by atoms with van der Waals surface area (Å²) in [5.41, 5.74) is 5.78. The van der Waals surface area contributed by atoms with Gasteiger partial charge in [0, 0.05) is 0 Å². The third kappa shape index (κ3) is 1.52. The maximum atomic E-state index is 13.4. The lowest BCUT2D eigenvalue weighted by Crippen LogP contribution is -2.34. The van der Waals surface area contributed by atoms with Gasteiger partial charge < -0.3 is 5.73 Å². The van der Waals surface area contributed by atoms with Crippen LogP contribution in [-0.4, -0.2) is 11.7 Å². The van der Waals surface area contributed by atoms with Crippen LogP contribution < -0.4 is 5.73 Å². The highest BCUT2D eigenvalue weighted by molar-refractivity contribution is 6.11. The largest absolute Gasteiger partial charge is 0.369 e. The summed E-state index contributed by atoms with van der Waals surface area (Å²) in [4.78, 5) is 22.7. The van der Waals surface area contributed by atoms with Crippen molar-refractivity contribution >= 4 is 11.7 Å². The first-order valence-corrected chi connectivity index (χ1v) is 4.72. The highest BCUT2D eigenvalue weighted by Crippen LogP contribution is 2.27. The van der Waals surface area contributed by atoms with E-state index in [1.165, 1.54) is 6.07 Å². The van der Waals surface area contributed by atoms with Crippen LogP contribution in [-0.2, 0) is 11.2 Å². The number of fused-ring (bicyclic) bond motifs is 1. The summed E-state index contributed by atoms with van der Waals surface area (Å²) in [5.74, 6) is -2.59. The lowest BCUT2D eigenvalue weighted by atomic mass is 9.82. The molecule has 0 saturated heterocycles. The number of nitrogens with two attached hydrogens (primary N) is 1. The van der Waals surface area contributed by atoms with Crippen LogP contribution in [0.2, 0.25) is 0 Å². The van der Waals surface area contributed by atoms with Gasteiger partial charge in [-0.2, -0.15) is 0 Å². The van der Waals surface area contributed by atoms with Gasteiger partial charge in [0.15, 0.2) is 5.78 Å². The van der Waals surface area contributed by atoms with Crippen LogP contribution in [0.4, 0.5) is 4.39 Å². The Morgan fingerprint density at radius 2 is 2.20 bits per heavy atom. The molecule has 1 aliphatic carbocycles. The highest BCUT2D eigenvalue weighted by Gasteiger charge is 2.33. The summed E-state index contributed by atoms with van der Waals surface area (Å²) < 4.78 is 13.4. The molecule has 0 aromatic heterocycles. The Bertz CT molecular complexity index is 442. The number of hydrogen-bond donors (Lipinski definition) is 1. The quantitative estimate of drug-likeness (QED) is 0.700. The van der Waals surface area contributed by atoms with Crippen LogP contribution in [0.25, 0.3) is 0 Å². The Hall–Kier alpha value is -1.71. The molecule has 1 aliphatic rings. The van der Waals surface area contributed by atoms with Crippen LogP contribution in [0.15, 0.2) is 18.2 Å². The zero-order chi connectivity index (χ0) is 11.0. The van der Waals surface area contributed by atoms with Gasteiger partial charge >= 0.3 is 0 Å². The summed E-state index contributed by atoms with van der Waals surface area (Å²) in [6, 6.07) is 4.49. The van der Waals surface area contributed by atoms with Crippen molar-refractivity contribution in [2.24, 2.45) is 11.7 Å². The second kappa shape index (κ2) is 3.46. The minimum Gasteiger partial charge on any atom is -0.369 e. The number of rotatable bonds is 1. The topological polar surface area (TPSA) is 60.2 Å². The van der Waals surface area contributed by atoms with Gasteiger partial charge in [-0.1, -0.05) is 12.1 Å². The van der Waals surface area contributed by atoms with Crippen molar-refractivity contribution in [2.45, 2.75) is 12.8 Å². The van der Waals surface area contributed by atoms with Gasteiger partial charge in [-0.15, -0.1) is 0 Å². The molecule has 15 heavy (non-hydrogen) atoms. The molecule has 78 valence electrons. The van der Waals surface area contributed by atoms with E-state index in [9.17, 15) is 14.0 Å². The van der Waals surface area contributed by atoms with Crippen molar-refractivity contribution in [3.63, 3.8) is 0 Å². The SMILES string of the molecule is NC(=O)C1CCc2cccc(F)c2C1=O. The Morgan fingerprint density at radius 1 is 1.47 bits per heavy atom. The van der Waals surface area contributed by atoms with Crippen molar-refractivity contribution in [3.05, 3.63) is 35.1 Å². The Labute approximate surface area is 86.1 Å². The molecule has 3 nitrogen and oxygen atoms in total. The minimum atomic E-state index is -0.866. The molecule has 0 spiro atoms. The van der Waals surface area contributed by atoms with Gasteiger partial charge in [0.05, 0.1) is 5.56 Å². The van der Waals surface area contributed by atoms with E-state index in [-0.39, 0.29) is 5.56 Å². The molecule has 0 saturated carbocycles.